The highest BCUT2D eigenvalue weighted by atomic mass is 14.2. The monoisotopic (exact) mass is 734 g/mol. The molecule has 0 aliphatic carbocycles. The molecule has 11 rings (SSSR count). The summed E-state index contributed by atoms with van der Waals surface area (Å²) in [7, 11) is 0. The van der Waals surface area contributed by atoms with Crippen LogP contribution in [0.5, 0.6) is 0 Å². The molecule has 0 bridgehead atoms. The number of rotatable bonds is 6. The Hall–Kier alpha value is -7.54. The lowest BCUT2D eigenvalue weighted by Gasteiger charge is -2.19. The number of hydrogen-bond acceptors (Lipinski definition) is 0. The van der Waals surface area contributed by atoms with Crippen LogP contribution in [0.3, 0.4) is 0 Å². The molecule has 0 radical (unpaired) electrons. The first-order chi connectivity index (χ1) is 28.7. The van der Waals surface area contributed by atoms with Gasteiger partial charge in [-0.05, 0) is 140 Å². The molecule has 0 atom stereocenters. The molecule has 0 amide bonds. The lowest BCUT2D eigenvalue weighted by Crippen LogP contribution is -1.91. The maximum Gasteiger partial charge on any atom is -0.00201 e. The summed E-state index contributed by atoms with van der Waals surface area (Å²) >= 11 is 0. The van der Waals surface area contributed by atoms with Crippen molar-refractivity contribution in [3.63, 3.8) is 0 Å². The molecule has 0 nitrogen and oxygen atoms in total. The second kappa shape index (κ2) is 14.2. The van der Waals surface area contributed by atoms with Crippen molar-refractivity contribution in [2.45, 2.75) is 0 Å². The third-order valence-electron chi connectivity index (χ3n) is 11.8. The summed E-state index contributed by atoms with van der Waals surface area (Å²) in [5.41, 5.74) is 14.8. The minimum Gasteiger partial charge on any atom is -0.0622 e. The molecule has 11 aromatic rings. The van der Waals surface area contributed by atoms with Crippen molar-refractivity contribution in [2.24, 2.45) is 0 Å². The highest BCUT2D eigenvalue weighted by Crippen LogP contribution is 2.46. The van der Waals surface area contributed by atoms with E-state index in [2.05, 4.69) is 231 Å². The highest BCUT2D eigenvalue weighted by Gasteiger charge is 2.18. The van der Waals surface area contributed by atoms with Crippen LogP contribution in [0.25, 0.3) is 110 Å². The predicted octanol–water partition coefficient (Wildman–Crippen LogP) is 16.3. The van der Waals surface area contributed by atoms with E-state index in [1.165, 1.54) is 110 Å². The third kappa shape index (κ3) is 5.95. The van der Waals surface area contributed by atoms with Crippen LogP contribution in [0.4, 0.5) is 0 Å². The Morgan fingerprint density at radius 3 is 1.12 bits per heavy atom. The van der Waals surface area contributed by atoms with Crippen molar-refractivity contribution in [1.29, 1.82) is 0 Å². The summed E-state index contributed by atoms with van der Waals surface area (Å²) in [6, 6.07) is 84.5. The van der Waals surface area contributed by atoms with Crippen molar-refractivity contribution < 1.29 is 0 Å². The minimum atomic E-state index is 1.21. The second-order valence-electron chi connectivity index (χ2n) is 15.3. The summed E-state index contributed by atoms with van der Waals surface area (Å²) in [6.07, 6.45) is 0. The van der Waals surface area contributed by atoms with Crippen molar-refractivity contribution in [1.82, 2.24) is 0 Å². The van der Waals surface area contributed by atoms with Crippen LogP contribution >= 0.6 is 0 Å². The average molecular weight is 735 g/mol. The van der Waals surface area contributed by atoms with E-state index >= 15 is 0 Å². The fourth-order valence-electron chi connectivity index (χ4n) is 9.02. The van der Waals surface area contributed by atoms with E-state index in [9.17, 15) is 0 Å². The third-order valence-corrected chi connectivity index (χ3v) is 11.8. The van der Waals surface area contributed by atoms with Crippen LogP contribution in [-0.2, 0) is 0 Å². The molecule has 0 saturated heterocycles. The molecule has 0 aliphatic rings. The van der Waals surface area contributed by atoms with Gasteiger partial charge in [0.2, 0.25) is 0 Å². The van der Waals surface area contributed by atoms with Crippen LogP contribution < -0.4 is 0 Å². The summed E-state index contributed by atoms with van der Waals surface area (Å²) < 4.78 is 0. The van der Waals surface area contributed by atoms with Gasteiger partial charge in [-0.3, -0.25) is 0 Å². The summed E-state index contributed by atoms with van der Waals surface area (Å²) in [4.78, 5) is 0. The first-order valence-corrected chi connectivity index (χ1v) is 20.1. The fourth-order valence-corrected chi connectivity index (χ4v) is 9.02. The largest absolute Gasteiger partial charge is 0.0622 e. The molecule has 0 aliphatic heterocycles. The SMILES string of the molecule is c1ccc(-c2cccc(-c3cccc(-c4cccc(-c5ccc6ccc(-c7c8ccccc8c(-c8cccc9ccccc89)c8ccccc78)cc6c5)c4)c3)c2)cc1. The van der Waals surface area contributed by atoms with Crippen LogP contribution in [0.1, 0.15) is 0 Å². The first kappa shape index (κ1) is 33.8. The minimum absolute atomic E-state index is 1.21. The Morgan fingerprint density at radius 2 is 0.552 bits per heavy atom. The van der Waals surface area contributed by atoms with Crippen molar-refractivity contribution in [3.8, 4) is 66.8 Å². The van der Waals surface area contributed by atoms with Crippen molar-refractivity contribution in [3.05, 3.63) is 231 Å². The zero-order valence-electron chi connectivity index (χ0n) is 31.9. The Bertz CT molecular complexity index is 3270. The van der Waals surface area contributed by atoms with Gasteiger partial charge >= 0.3 is 0 Å². The van der Waals surface area contributed by atoms with Gasteiger partial charge < -0.3 is 0 Å². The molecular weight excluding hydrogens is 697 g/mol. The smallest absolute Gasteiger partial charge is 0.00201 e. The number of benzene rings is 11. The van der Waals surface area contributed by atoms with Gasteiger partial charge in [-0.1, -0.05) is 200 Å². The Morgan fingerprint density at radius 1 is 0.172 bits per heavy atom. The molecule has 0 unspecified atom stereocenters. The van der Waals surface area contributed by atoms with E-state index in [0.29, 0.717) is 0 Å². The van der Waals surface area contributed by atoms with E-state index in [1.54, 1.807) is 0 Å². The van der Waals surface area contributed by atoms with Gasteiger partial charge in [0, 0.05) is 0 Å². The van der Waals surface area contributed by atoms with Gasteiger partial charge in [0.05, 0.1) is 0 Å². The summed E-state index contributed by atoms with van der Waals surface area (Å²) in [5.74, 6) is 0. The molecule has 58 heavy (non-hydrogen) atoms. The zero-order chi connectivity index (χ0) is 38.4. The van der Waals surface area contributed by atoms with E-state index in [4.69, 9.17) is 0 Å². The van der Waals surface area contributed by atoms with Crippen molar-refractivity contribution >= 4 is 43.1 Å². The predicted molar refractivity (Wildman–Crippen MR) is 249 cm³/mol. The van der Waals surface area contributed by atoms with Gasteiger partial charge in [-0.25, -0.2) is 0 Å². The Labute approximate surface area is 339 Å². The van der Waals surface area contributed by atoms with Gasteiger partial charge in [0.25, 0.3) is 0 Å². The lowest BCUT2D eigenvalue weighted by atomic mass is 9.84. The first-order valence-electron chi connectivity index (χ1n) is 20.1. The summed E-state index contributed by atoms with van der Waals surface area (Å²) in [5, 5.41) is 10.1. The van der Waals surface area contributed by atoms with Crippen molar-refractivity contribution in [2.75, 3.05) is 0 Å². The van der Waals surface area contributed by atoms with Crippen LogP contribution in [0, 0.1) is 0 Å². The normalized spacial score (nSPS) is 11.4. The molecule has 0 saturated carbocycles. The zero-order valence-corrected chi connectivity index (χ0v) is 31.9. The second-order valence-corrected chi connectivity index (χ2v) is 15.3. The Kier molecular flexibility index (Phi) is 8.26. The van der Waals surface area contributed by atoms with E-state index < -0.39 is 0 Å². The van der Waals surface area contributed by atoms with E-state index in [0.717, 1.165) is 0 Å². The van der Waals surface area contributed by atoms with E-state index in [1.807, 2.05) is 0 Å². The van der Waals surface area contributed by atoms with Crippen LogP contribution in [-0.4, -0.2) is 0 Å². The molecule has 0 N–H and O–H groups in total. The Balaban J connectivity index is 0.996. The topological polar surface area (TPSA) is 0 Å². The van der Waals surface area contributed by atoms with Gasteiger partial charge in [-0.15, -0.1) is 0 Å². The number of hydrogen-bond donors (Lipinski definition) is 0. The fraction of sp³-hybridized carbons (Fsp3) is 0. The molecule has 270 valence electrons. The molecule has 0 heteroatoms. The van der Waals surface area contributed by atoms with Gasteiger partial charge in [0.15, 0.2) is 0 Å². The van der Waals surface area contributed by atoms with Crippen LogP contribution in [0.15, 0.2) is 231 Å². The molecule has 0 spiro atoms. The molecule has 0 aromatic heterocycles. The molecule has 0 heterocycles. The maximum atomic E-state index is 2.39. The number of fused-ring (bicyclic) bond motifs is 4. The maximum absolute atomic E-state index is 2.39. The summed E-state index contributed by atoms with van der Waals surface area (Å²) in [6.45, 7) is 0. The molecule has 0 fully saturated rings. The molecular formula is C58H38. The van der Waals surface area contributed by atoms with Crippen LogP contribution in [0.2, 0.25) is 0 Å². The van der Waals surface area contributed by atoms with Gasteiger partial charge in [0.1, 0.15) is 0 Å². The quantitative estimate of drug-likeness (QED) is 0.149. The standard InChI is InChI=1S/C58H38/c1-2-14-39(15-3-1)42-18-10-19-43(34-42)44-20-11-21-45(35-44)46-22-12-23-47(36-46)48-32-30-40-31-33-49(38-50(40)37-48)57-53-25-6-8-27-55(53)58(56-28-9-7-26-54(56)57)52-29-13-17-41-16-4-5-24-51(41)52/h1-38H. The van der Waals surface area contributed by atoms with E-state index in [-0.39, 0.29) is 0 Å². The average Bonchev–Trinajstić information content (AvgIpc) is 3.30. The highest BCUT2D eigenvalue weighted by molar-refractivity contribution is 6.23. The molecule has 11 aromatic carbocycles. The van der Waals surface area contributed by atoms with Gasteiger partial charge in [-0.2, -0.15) is 0 Å². The lowest BCUT2D eigenvalue weighted by molar-refractivity contribution is 1.57.